The van der Waals surface area contributed by atoms with Crippen molar-refractivity contribution >= 4 is 11.6 Å². The fraction of sp³-hybridized carbons (Fsp3) is 0.118. The average Bonchev–Trinajstić information content (AvgIpc) is 2.52. The highest BCUT2D eigenvalue weighted by molar-refractivity contribution is 6.19. The van der Waals surface area contributed by atoms with Crippen LogP contribution in [0.2, 0.25) is 0 Å². The van der Waals surface area contributed by atoms with Gasteiger partial charge >= 0.3 is 0 Å². The lowest BCUT2D eigenvalue weighted by Gasteiger charge is -2.07. The third kappa shape index (κ3) is 4.24. The van der Waals surface area contributed by atoms with Crippen molar-refractivity contribution in [1.29, 1.82) is 5.26 Å². The zero-order valence-electron chi connectivity index (χ0n) is 11.1. The minimum atomic E-state index is -0.446. The molecule has 0 saturated heterocycles. The maximum atomic E-state index is 13.7. The molecule has 2 aromatic rings. The Balaban J connectivity index is 2.01. The zero-order chi connectivity index (χ0) is 15.1. The molecule has 0 atom stereocenters. The van der Waals surface area contributed by atoms with Crippen LogP contribution in [-0.4, -0.2) is 5.88 Å². The summed E-state index contributed by atoms with van der Waals surface area (Å²) in [6.07, 6.45) is 0. The Bertz CT molecular complexity index is 723. The van der Waals surface area contributed by atoms with Gasteiger partial charge in [0.05, 0.1) is 17.5 Å². The van der Waals surface area contributed by atoms with Gasteiger partial charge in [-0.25, -0.2) is 4.39 Å². The highest BCUT2D eigenvalue weighted by atomic mass is 35.5. The van der Waals surface area contributed by atoms with Crippen molar-refractivity contribution in [2.45, 2.75) is 6.61 Å². The van der Waals surface area contributed by atoms with Crippen LogP contribution < -0.4 is 4.74 Å². The number of nitriles is 1. The quantitative estimate of drug-likeness (QED) is 0.637. The average molecular weight is 300 g/mol. The number of halogens is 2. The Morgan fingerprint density at radius 2 is 1.81 bits per heavy atom. The third-order valence-corrected chi connectivity index (χ3v) is 2.86. The molecule has 2 aromatic carbocycles. The summed E-state index contributed by atoms with van der Waals surface area (Å²) in [5, 5.41) is 8.68. The van der Waals surface area contributed by atoms with Gasteiger partial charge in [0, 0.05) is 11.1 Å². The Kier molecular flexibility index (Phi) is 5.21. The fourth-order valence-corrected chi connectivity index (χ4v) is 1.73. The van der Waals surface area contributed by atoms with Gasteiger partial charge in [-0.15, -0.1) is 11.6 Å². The van der Waals surface area contributed by atoms with Crippen molar-refractivity contribution in [3.8, 4) is 23.7 Å². The molecule has 21 heavy (non-hydrogen) atoms. The summed E-state index contributed by atoms with van der Waals surface area (Å²) in [4.78, 5) is 0. The number of nitrogens with zero attached hydrogens (tertiary/aromatic N) is 1. The van der Waals surface area contributed by atoms with E-state index in [1.165, 1.54) is 6.07 Å². The predicted octanol–water partition coefficient (Wildman–Crippen LogP) is 3.87. The summed E-state index contributed by atoms with van der Waals surface area (Å²) in [5.41, 5.74) is 1.53. The largest absolute Gasteiger partial charge is 0.489 e. The Hall–Kier alpha value is -2.49. The molecule has 0 fully saturated rings. The van der Waals surface area contributed by atoms with Crippen LogP contribution in [-0.2, 0) is 6.61 Å². The van der Waals surface area contributed by atoms with E-state index in [-0.39, 0.29) is 12.5 Å². The van der Waals surface area contributed by atoms with Crippen LogP contribution in [0, 0.1) is 29.0 Å². The number of rotatable bonds is 3. The molecule has 0 aliphatic rings. The fourth-order valence-electron chi connectivity index (χ4n) is 1.66. The van der Waals surface area contributed by atoms with Crippen molar-refractivity contribution in [3.63, 3.8) is 0 Å². The molecule has 0 amide bonds. The van der Waals surface area contributed by atoms with Crippen LogP contribution in [0.1, 0.15) is 16.7 Å². The Morgan fingerprint density at radius 1 is 1.10 bits per heavy atom. The van der Waals surface area contributed by atoms with Crippen molar-refractivity contribution in [2.75, 3.05) is 5.88 Å². The molecular formula is C17H11ClFNO. The van der Waals surface area contributed by atoms with E-state index in [0.29, 0.717) is 16.9 Å². The molecule has 104 valence electrons. The van der Waals surface area contributed by atoms with Crippen LogP contribution in [0.3, 0.4) is 0 Å². The Morgan fingerprint density at radius 3 is 2.43 bits per heavy atom. The van der Waals surface area contributed by atoms with Gasteiger partial charge in [-0.1, -0.05) is 17.9 Å². The second-order valence-electron chi connectivity index (χ2n) is 4.17. The number of ether oxygens (including phenoxy) is 1. The van der Waals surface area contributed by atoms with Gasteiger partial charge in [0.2, 0.25) is 0 Å². The summed E-state index contributed by atoms with van der Waals surface area (Å²) in [7, 11) is 0. The van der Waals surface area contributed by atoms with Gasteiger partial charge < -0.3 is 4.74 Å². The number of hydrogen-bond donors (Lipinski definition) is 0. The predicted molar refractivity (Wildman–Crippen MR) is 79.5 cm³/mol. The third-order valence-electron chi connectivity index (χ3n) is 2.73. The van der Waals surface area contributed by atoms with Gasteiger partial charge in [-0.3, -0.25) is 0 Å². The highest BCUT2D eigenvalue weighted by Gasteiger charge is 2.04. The lowest BCUT2D eigenvalue weighted by atomic mass is 10.1. The van der Waals surface area contributed by atoms with E-state index < -0.39 is 5.82 Å². The summed E-state index contributed by atoms with van der Waals surface area (Å²) >= 11 is 5.48. The van der Waals surface area contributed by atoms with Gasteiger partial charge in [0.15, 0.2) is 0 Å². The molecule has 0 heterocycles. The van der Waals surface area contributed by atoms with E-state index in [4.69, 9.17) is 21.6 Å². The van der Waals surface area contributed by atoms with Gasteiger partial charge in [-0.05, 0) is 36.4 Å². The molecule has 0 spiro atoms. The maximum absolute atomic E-state index is 13.7. The van der Waals surface area contributed by atoms with Crippen LogP contribution in [0.4, 0.5) is 4.39 Å². The van der Waals surface area contributed by atoms with Crippen molar-refractivity contribution in [2.24, 2.45) is 0 Å². The first-order valence-corrected chi connectivity index (χ1v) is 6.72. The second-order valence-corrected chi connectivity index (χ2v) is 4.43. The van der Waals surface area contributed by atoms with E-state index in [2.05, 4.69) is 11.8 Å². The standard InChI is InChI=1S/C17H11ClFNO/c18-9-1-2-13-4-7-16(8-5-13)21-12-15-6-3-14(11-20)10-17(15)19/h3-8,10H,9,12H2. The van der Waals surface area contributed by atoms with Crippen molar-refractivity contribution in [3.05, 3.63) is 65.0 Å². The van der Waals surface area contributed by atoms with Gasteiger partial charge in [0.25, 0.3) is 0 Å². The maximum Gasteiger partial charge on any atom is 0.131 e. The number of hydrogen-bond acceptors (Lipinski definition) is 2. The molecule has 0 radical (unpaired) electrons. The van der Waals surface area contributed by atoms with E-state index in [1.807, 2.05) is 18.2 Å². The summed E-state index contributed by atoms with van der Waals surface area (Å²) in [6.45, 7) is 0.101. The molecule has 0 aliphatic carbocycles. The molecule has 0 unspecified atom stereocenters. The zero-order valence-corrected chi connectivity index (χ0v) is 11.8. The second kappa shape index (κ2) is 7.33. The topological polar surface area (TPSA) is 33.0 Å². The lowest BCUT2D eigenvalue weighted by Crippen LogP contribution is -1.99. The first kappa shape index (κ1) is 14.9. The van der Waals surface area contributed by atoms with E-state index in [0.717, 1.165) is 5.56 Å². The smallest absolute Gasteiger partial charge is 0.131 e. The molecule has 2 rings (SSSR count). The monoisotopic (exact) mass is 299 g/mol. The molecule has 0 aliphatic heterocycles. The Labute approximate surface area is 127 Å². The van der Waals surface area contributed by atoms with Crippen LogP contribution >= 0.6 is 11.6 Å². The molecule has 0 N–H and O–H groups in total. The first-order valence-electron chi connectivity index (χ1n) is 6.19. The first-order chi connectivity index (χ1) is 10.2. The van der Waals surface area contributed by atoms with Gasteiger partial charge in [-0.2, -0.15) is 5.26 Å². The summed E-state index contributed by atoms with van der Waals surface area (Å²) < 4.78 is 19.2. The van der Waals surface area contributed by atoms with Crippen LogP contribution in [0.25, 0.3) is 0 Å². The molecular weight excluding hydrogens is 289 g/mol. The van der Waals surface area contributed by atoms with Crippen molar-refractivity contribution < 1.29 is 9.13 Å². The van der Waals surface area contributed by atoms with Gasteiger partial charge in [0.1, 0.15) is 18.2 Å². The van der Waals surface area contributed by atoms with E-state index in [1.54, 1.807) is 24.3 Å². The highest BCUT2D eigenvalue weighted by Crippen LogP contribution is 2.16. The lowest BCUT2D eigenvalue weighted by molar-refractivity contribution is 0.300. The minimum absolute atomic E-state index is 0.101. The molecule has 0 saturated carbocycles. The SMILES string of the molecule is N#Cc1ccc(COc2ccc(C#CCCl)cc2)c(F)c1. The van der Waals surface area contributed by atoms with Crippen LogP contribution in [0.15, 0.2) is 42.5 Å². The molecule has 0 aromatic heterocycles. The summed E-state index contributed by atoms with van der Waals surface area (Å²) in [6, 6.07) is 13.3. The number of alkyl halides is 1. The van der Waals surface area contributed by atoms with E-state index in [9.17, 15) is 4.39 Å². The normalized spacial score (nSPS) is 9.38. The molecule has 0 bridgehead atoms. The molecule has 4 heteroatoms. The van der Waals surface area contributed by atoms with Crippen molar-refractivity contribution in [1.82, 2.24) is 0 Å². The summed E-state index contributed by atoms with van der Waals surface area (Å²) in [5.74, 6) is 6.11. The van der Waals surface area contributed by atoms with Crippen LogP contribution in [0.5, 0.6) is 5.75 Å². The van der Waals surface area contributed by atoms with E-state index >= 15 is 0 Å². The minimum Gasteiger partial charge on any atom is -0.489 e. The number of benzene rings is 2. The molecule has 2 nitrogen and oxygen atoms in total.